The van der Waals surface area contributed by atoms with E-state index in [0.717, 1.165) is 45.2 Å². The quantitative estimate of drug-likeness (QED) is 0.841. The Morgan fingerprint density at radius 2 is 1.61 bits per heavy atom. The van der Waals surface area contributed by atoms with E-state index in [1.807, 2.05) is 4.90 Å². The number of carboxylic acid groups (broad SMARTS) is 1. The van der Waals surface area contributed by atoms with Gasteiger partial charge in [-0.2, -0.15) is 0 Å². The maximum atomic E-state index is 13.0. The first kappa shape index (κ1) is 15.6. The molecule has 4 aliphatic rings. The minimum atomic E-state index is -2.46. The third-order valence-corrected chi connectivity index (χ3v) is 6.45. The van der Waals surface area contributed by atoms with E-state index in [4.69, 9.17) is 5.11 Å². The summed E-state index contributed by atoms with van der Waals surface area (Å²) >= 11 is 0. The van der Waals surface area contributed by atoms with E-state index in [0.29, 0.717) is 25.2 Å². The van der Waals surface area contributed by atoms with Gasteiger partial charge in [-0.1, -0.05) is 0 Å². The normalized spacial score (nSPS) is 38.5. The van der Waals surface area contributed by atoms with Crippen molar-refractivity contribution in [1.29, 1.82) is 0 Å². The minimum Gasteiger partial charge on any atom is -0.465 e. The van der Waals surface area contributed by atoms with Crippen molar-refractivity contribution in [2.75, 3.05) is 39.3 Å². The second kappa shape index (κ2) is 5.28. The molecule has 23 heavy (non-hydrogen) atoms. The Morgan fingerprint density at radius 1 is 0.957 bits per heavy atom. The fourth-order valence-electron chi connectivity index (χ4n) is 5.05. The highest BCUT2D eigenvalue weighted by atomic mass is 19.3. The average molecular weight is 329 g/mol. The number of rotatable bonds is 2. The number of carbonyl (C=O) groups is 1. The van der Waals surface area contributed by atoms with Gasteiger partial charge in [0.1, 0.15) is 0 Å². The first-order valence-corrected chi connectivity index (χ1v) is 8.70. The number of hydrogen-bond acceptors (Lipinski definition) is 3. The molecule has 1 amide bonds. The monoisotopic (exact) mass is 329 g/mol. The van der Waals surface area contributed by atoms with Crippen LogP contribution in [0.3, 0.4) is 0 Å². The predicted molar refractivity (Wildman–Crippen MR) is 80.8 cm³/mol. The third kappa shape index (κ3) is 2.82. The van der Waals surface area contributed by atoms with Gasteiger partial charge in [-0.3, -0.25) is 4.90 Å². The number of likely N-dealkylation sites (tertiary alicyclic amines) is 3. The Bertz CT molecular complexity index is 480. The largest absolute Gasteiger partial charge is 0.465 e. The summed E-state index contributed by atoms with van der Waals surface area (Å²) in [5.74, 6) is -2.46. The molecule has 4 fully saturated rings. The van der Waals surface area contributed by atoms with E-state index in [1.165, 1.54) is 0 Å². The molecule has 3 aliphatic heterocycles. The molecule has 3 heterocycles. The average Bonchev–Trinajstić information content (AvgIpc) is 2.89. The van der Waals surface area contributed by atoms with Gasteiger partial charge < -0.3 is 14.9 Å². The molecule has 0 aromatic heterocycles. The predicted octanol–water partition coefficient (Wildman–Crippen LogP) is 1.93. The molecule has 1 saturated carbocycles. The maximum absolute atomic E-state index is 13.0. The lowest BCUT2D eigenvalue weighted by Crippen LogP contribution is -2.62. The van der Waals surface area contributed by atoms with Crippen molar-refractivity contribution in [3.05, 3.63) is 0 Å². The van der Waals surface area contributed by atoms with Gasteiger partial charge in [0, 0.05) is 25.2 Å². The number of piperidine rings is 1. The minimum absolute atomic E-state index is 0.0603. The smallest absolute Gasteiger partial charge is 0.407 e. The fraction of sp³-hybridized carbons (Fsp3) is 0.938. The zero-order valence-corrected chi connectivity index (χ0v) is 13.4. The molecule has 1 N–H and O–H groups in total. The lowest BCUT2D eigenvalue weighted by Gasteiger charge is -2.53. The molecule has 1 spiro atoms. The molecular formula is C16H25F2N3O2. The maximum Gasteiger partial charge on any atom is 0.407 e. The van der Waals surface area contributed by atoms with Crippen LogP contribution in [0.15, 0.2) is 0 Å². The van der Waals surface area contributed by atoms with Crippen LogP contribution in [0.2, 0.25) is 0 Å². The van der Waals surface area contributed by atoms with Crippen molar-refractivity contribution < 1.29 is 18.7 Å². The molecule has 130 valence electrons. The Morgan fingerprint density at radius 3 is 2.13 bits per heavy atom. The lowest BCUT2D eigenvalue weighted by molar-refractivity contribution is -0.153. The van der Waals surface area contributed by atoms with E-state index in [-0.39, 0.29) is 18.5 Å². The van der Waals surface area contributed by atoms with Crippen LogP contribution in [0.25, 0.3) is 0 Å². The summed E-state index contributed by atoms with van der Waals surface area (Å²) in [5, 5.41) is 9.08. The van der Waals surface area contributed by atoms with Crippen molar-refractivity contribution in [2.45, 2.75) is 50.1 Å². The van der Waals surface area contributed by atoms with Gasteiger partial charge in [0.05, 0.1) is 13.1 Å². The van der Waals surface area contributed by atoms with E-state index in [9.17, 15) is 13.6 Å². The fourth-order valence-corrected chi connectivity index (χ4v) is 5.05. The van der Waals surface area contributed by atoms with Crippen LogP contribution in [0.4, 0.5) is 13.6 Å². The molecule has 4 rings (SSSR count). The van der Waals surface area contributed by atoms with Crippen LogP contribution in [0, 0.1) is 5.41 Å². The molecule has 0 radical (unpaired) electrons. The summed E-state index contributed by atoms with van der Waals surface area (Å²) in [4.78, 5) is 17.0. The van der Waals surface area contributed by atoms with Gasteiger partial charge >= 0.3 is 6.09 Å². The van der Waals surface area contributed by atoms with Crippen molar-refractivity contribution in [2.24, 2.45) is 5.41 Å². The highest BCUT2D eigenvalue weighted by Gasteiger charge is 2.52. The summed E-state index contributed by atoms with van der Waals surface area (Å²) in [6.07, 6.45) is 4.38. The number of alkyl halides is 2. The summed E-state index contributed by atoms with van der Waals surface area (Å²) in [6.45, 7) is 3.24. The van der Waals surface area contributed by atoms with Crippen molar-refractivity contribution >= 4 is 6.09 Å². The summed E-state index contributed by atoms with van der Waals surface area (Å²) < 4.78 is 25.9. The molecule has 7 heteroatoms. The molecule has 0 aromatic rings. The van der Waals surface area contributed by atoms with E-state index in [1.54, 1.807) is 4.90 Å². The SMILES string of the molecule is O=C(O)N1CCC2(CC(N3CCC(N4CC(F)(F)C4)CC3)C2)C1. The Labute approximate surface area is 135 Å². The van der Waals surface area contributed by atoms with Gasteiger partial charge in [-0.15, -0.1) is 0 Å². The van der Waals surface area contributed by atoms with Crippen LogP contribution >= 0.6 is 0 Å². The number of halogens is 2. The lowest BCUT2D eigenvalue weighted by atomic mass is 9.64. The number of nitrogens with zero attached hydrogens (tertiary/aromatic N) is 3. The topological polar surface area (TPSA) is 47.0 Å². The van der Waals surface area contributed by atoms with Gasteiger partial charge in [0.25, 0.3) is 5.92 Å². The Balaban J connectivity index is 1.22. The van der Waals surface area contributed by atoms with Gasteiger partial charge in [-0.05, 0) is 50.6 Å². The van der Waals surface area contributed by atoms with Crippen molar-refractivity contribution in [1.82, 2.24) is 14.7 Å². The van der Waals surface area contributed by atoms with E-state index < -0.39 is 12.0 Å². The first-order chi connectivity index (χ1) is 10.9. The number of amides is 1. The highest BCUT2D eigenvalue weighted by Crippen LogP contribution is 2.50. The van der Waals surface area contributed by atoms with Gasteiger partial charge in [0.15, 0.2) is 0 Å². The first-order valence-electron chi connectivity index (χ1n) is 8.70. The van der Waals surface area contributed by atoms with Gasteiger partial charge in [0.2, 0.25) is 0 Å². The summed E-state index contributed by atoms with van der Waals surface area (Å²) in [5.41, 5.74) is 0.222. The molecule has 0 aromatic carbocycles. The van der Waals surface area contributed by atoms with Crippen LogP contribution in [0.1, 0.15) is 32.1 Å². The zero-order valence-electron chi connectivity index (χ0n) is 13.4. The standard InChI is InChI=1S/C16H25F2N3O2/c17-16(18)10-21(11-16)12-1-4-19(5-2-12)13-7-15(8-13)3-6-20(9-15)14(22)23/h12-13H,1-11H2,(H,22,23). The van der Waals surface area contributed by atoms with Crippen molar-refractivity contribution in [3.63, 3.8) is 0 Å². The molecule has 0 bridgehead atoms. The molecule has 5 nitrogen and oxygen atoms in total. The Kier molecular flexibility index (Phi) is 3.57. The molecule has 0 unspecified atom stereocenters. The Hall–Kier alpha value is -0.950. The highest BCUT2D eigenvalue weighted by molar-refractivity contribution is 5.65. The van der Waals surface area contributed by atoms with Crippen molar-refractivity contribution in [3.8, 4) is 0 Å². The van der Waals surface area contributed by atoms with Crippen LogP contribution in [0.5, 0.6) is 0 Å². The number of hydrogen-bond donors (Lipinski definition) is 1. The second-order valence-electron chi connectivity index (χ2n) is 8.04. The van der Waals surface area contributed by atoms with E-state index in [2.05, 4.69) is 4.90 Å². The van der Waals surface area contributed by atoms with Crippen LogP contribution in [-0.2, 0) is 0 Å². The van der Waals surface area contributed by atoms with Gasteiger partial charge in [-0.25, -0.2) is 13.6 Å². The van der Waals surface area contributed by atoms with Crippen LogP contribution in [-0.4, -0.2) is 83.2 Å². The summed E-state index contributed by atoms with van der Waals surface area (Å²) in [6, 6.07) is 0.899. The third-order valence-electron chi connectivity index (χ3n) is 6.45. The molecular weight excluding hydrogens is 304 g/mol. The molecule has 1 aliphatic carbocycles. The molecule has 3 saturated heterocycles. The summed E-state index contributed by atoms with van der Waals surface area (Å²) in [7, 11) is 0. The molecule has 0 atom stereocenters. The second-order valence-corrected chi connectivity index (χ2v) is 8.04. The van der Waals surface area contributed by atoms with E-state index >= 15 is 0 Å². The zero-order chi connectivity index (χ0) is 16.2. The van der Waals surface area contributed by atoms with Crippen LogP contribution < -0.4 is 0 Å².